The smallest absolute Gasteiger partial charge is 0.330 e. The summed E-state index contributed by atoms with van der Waals surface area (Å²) in [5.74, 6) is -0.686. The molecule has 1 aliphatic rings. The number of hydrogen-bond donors (Lipinski definition) is 2. The molecular weight excluding hydrogens is 292 g/mol. The number of aliphatic hydroxyl groups excluding tert-OH is 1. The van der Waals surface area contributed by atoms with Crippen LogP contribution in [0.2, 0.25) is 0 Å². The van der Waals surface area contributed by atoms with Gasteiger partial charge in [0.15, 0.2) is 0 Å². The highest BCUT2D eigenvalue weighted by atomic mass is 16.6. The van der Waals surface area contributed by atoms with Gasteiger partial charge in [0.2, 0.25) is 0 Å². The quantitative estimate of drug-likeness (QED) is 0.738. The Labute approximate surface area is 126 Å². The van der Waals surface area contributed by atoms with Crippen molar-refractivity contribution in [2.75, 3.05) is 6.61 Å². The Balaban J connectivity index is 2.22. The minimum atomic E-state index is -0.704. The van der Waals surface area contributed by atoms with Gasteiger partial charge in [-0.15, -0.1) is 0 Å². The molecule has 22 heavy (non-hydrogen) atoms. The lowest BCUT2D eigenvalue weighted by Gasteiger charge is -2.17. The van der Waals surface area contributed by atoms with Gasteiger partial charge in [0.05, 0.1) is 12.5 Å². The van der Waals surface area contributed by atoms with Gasteiger partial charge in [-0.3, -0.25) is 19.1 Å². The SMILES string of the molecule is Cc1cn([C@@H]2C[C@@H](OC(=O)C(C)C)[C@H](CO)O2)c(=O)[nH]c1=O. The molecule has 3 atom stereocenters. The third kappa shape index (κ3) is 3.28. The topological polar surface area (TPSA) is 111 Å². The molecule has 0 amide bonds. The van der Waals surface area contributed by atoms with Crippen molar-refractivity contribution in [1.29, 1.82) is 0 Å². The van der Waals surface area contributed by atoms with Crippen molar-refractivity contribution in [3.8, 4) is 0 Å². The van der Waals surface area contributed by atoms with Crippen molar-refractivity contribution in [3.63, 3.8) is 0 Å². The fraction of sp³-hybridized carbons (Fsp3) is 0.643. The second-order valence-corrected chi connectivity index (χ2v) is 5.66. The van der Waals surface area contributed by atoms with E-state index in [4.69, 9.17) is 9.47 Å². The summed E-state index contributed by atoms with van der Waals surface area (Å²) in [7, 11) is 0. The van der Waals surface area contributed by atoms with Crippen molar-refractivity contribution >= 4 is 5.97 Å². The lowest BCUT2D eigenvalue weighted by Crippen LogP contribution is -2.33. The second-order valence-electron chi connectivity index (χ2n) is 5.66. The van der Waals surface area contributed by atoms with E-state index in [1.807, 2.05) is 0 Å². The van der Waals surface area contributed by atoms with E-state index in [0.717, 1.165) is 0 Å². The lowest BCUT2D eigenvalue weighted by atomic mass is 10.1. The molecule has 122 valence electrons. The maximum atomic E-state index is 11.9. The molecule has 1 fully saturated rings. The summed E-state index contributed by atoms with van der Waals surface area (Å²) in [6.07, 6.45) is -0.414. The highest BCUT2D eigenvalue weighted by Crippen LogP contribution is 2.30. The van der Waals surface area contributed by atoms with Gasteiger partial charge < -0.3 is 14.6 Å². The summed E-state index contributed by atoms with van der Waals surface area (Å²) in [5.41, 5.74) is -0.694. The van der Waals surface area contributed by atoms with Gasteiger partial charge >= 0.3 is 11.7 Å². The highest BCUT2D eigenvalue weighted by molar-refractivity contribution is 5.71. The number of nitrogens with one attached hydrogen (secondary N) is 1. The van der Waals surface area contributed by atoms with Crippen LogP contribution in [0.15, 0.2) is 15.8 Å². The van der Waals surface area contributed by atoms with E-state index in [2.05, 4.69) is 4.98 Å². The molecule has 2 rings (SSSR count). The van der Waals surface area contributed by atoms with Crippen molar-refractivity contribution in [2.45, 2.75) is 45.6 Å². The molecule has 0 bridgehead atoms. The van der Waals surface area contributed by atoms with Gasteiger partial charge in [-0.1, -0.05) is 13.8 Å². The summed E-state index contributed by atoms with van der Waals surface area (Å²) in [5, 5.41) is 9.36. The highest BCUT2D eigenvalue weighted by Gasteiger charge is 2.39. The van der Waals surface area contributed by atoms with Crippen molar-refractivity contribution in [3.05, 3.63) is 32.6 Å². The number of H-pyrrole nitrogens is 1. The van der Waals surface area contributed by atoms with Gasteiger partial charge in [-0.2, -0.15) is 0 Å². The van der Waals surface area contributed by atoms with Crippen molar-refractivity contribution in [1.82, 2.24) is 9.55 Å². The zero-order chi connectivity index (χ0) is 16.4. The first-order valence-electron chi connectivity index (χ1n) is 7.12. The summed E-state index contributed by atoms with van der Waals surface area (Å²) < 4.78 is 12.1. The van der Waals surface area contributed by atoms with Crippen LogP contribution in [0.5, 0.6) is 0 Å². The Morgan fingerprint density at radius 1 is 1.55 bits per heavy atom. The van der Waals surface area contributed by atoms with E-state index < -0.39 is 35.7 Å². The van der Waals surface area contributed by atoms with Crippen LogP contribution in [0.25, 0.3) is 0 Å². The molecule has 8 heteroatoms. The molecule has 1 aromatic heterocycles. The van der Waals surface area contributed by atoms with Crippen LogP contribution in [-0.4, -0.2) is 39.4 Å². The summed E-state index contributed by atoms with van der Waals surface area (Å²) in [6.45, 7) is 4.66. The number of hydrogen-bond acceptors (Lipinski definition) is 6. The number of aromatic nitrogens is 2. The van der Waals surface area contributed by atoms with Crippen LogP contribution in [0.4, 0.5) is 0 Å². The summed E-state index contributed by atoms with van der Waals surface area (Å²) in [4.78, 5) is 37.1. The molecule has 1 aromatic rings. The van der Waals surface area contributed by atoms with Gasteiger partial charge in [-0.25, -0.2) is 4.79 Å². The first-order chi connectivity index (χ1) is 10.3. The summed E-state index contributed by atoms with van der Waals surface area (Å²) >= 11 is 0. The van der Waals surface area contributed by atoms with Crippen LogP contribution in [-0.2, 0) is 14.3 Å². The number of esters is 1. The standard InChI is InChI=1S/C14H20N2O6/c1-7(2)13(19)22-9-4-11(21-10(9)6-17)16-5-8(3)12(18)15-14(16)20/h5,7,9-11,17H,4,6H2,1-3H3,(H,15,18,20)/t9-,10+,11+/m1/s1. The molecule has 0 saturated carbocycles. The van der Waals surface area contributed by atoms with E-state index in [9.17, 15) is 19.5 Å². The first-order valence-corrected chi connectivity index (χ1v) is 7.12. The van der Waals surface area contributed by atoms with Crippen molar-refractivity contribution in [2.24, 2.45) is 5.92 Å². The number of aryl methyl sites for hydroxylation is 1. The van der Waals surface area contributed by atoms with Crippen LogP contribution in [0, 0.1) is 12.8 Å². The molecule has 0 radical (unpaired) electrons. The maximum Gasteiger partial charge on any atom is 0.330 e. The van der Waals surface area contributed by atoms with Crippen LogP contribution in [0.1, 0.15) is 32.1 Å². The normalized spacial score (nSPS) is 24.7. The zero-order valence-electron chi connectivity index (χ0n) is 12.7. The number of ether oxygens (including phenoxy) is 2. The van der Waals surface area contributed by atoms with Gasteiger partial charge in [-0.05, 0) is 6.92 Å². The maximum absolute atomic E-state index is 11.9. The lowest BCUT2D eigenvalue weighted by molar-refractivity contribution is -0.156. The number of aliphatic hydroxyl groups is 1. The number of rotatable bonds is 4. The minimum Gasteiger partial charge on any atom is -0.459 e. The largest absolute Gasteiger partial charge is 0.459 e. The Kier molecular flexibility index (Phi) is 4.82. The fourth-order valence-corrected chi connectivity index (χ4v) is 2.24. The molecule has 2 heterocycles. The van der Waals surface area contributed by atoms with Crippen LogP contribution in [0.3, 0.4) is 0 Å². The van der Waals surface area contributed by atoms with Gasteiger partial charge in [0.25, 0.3) is 5.56 Å². The van der Waals surface area contributed by atoms with E-state index in [1.165, 1.54) is 10.8 Å². The third-order valence-corrected chi connectivity index (χ3v) is 3.56. The minimum absolute atomic E-state index is 0.231. The molecule has 0 aliphatic carbocycles. The Hall–Kier alpha value is -1.93. The van der Waals surface area contributed by atoms with E-state index in [0.29, 0.717) is 5.56 Å². The Bertz CT molecular complexity index is 662. The van der Waals surface area contributed by atoms with E-state index in [-0.39, 0.29) is 18.9 Å². The molecule has 8 nitrogen and oxygen atoms in total. The molecule has 0 unspecified atom stereocenters. The number of nitrogens with zero attached hydrogens (tertiary/aromatic N) is 1. The third-order valence-electron chi connectivity index (χ3n) is 3.56. The molecular formula is C14H20N2O6. The van der Waals surface area contributed by atoms with Crippen LogP contribution >= 0.6 is 0 Å². The van der Waals surface area contributed by atoms with E-state index in [1.54, 1.807) is 20.8 Å². The summed E-state index contributed by atoms with van der Waals surface area (Å²) in [6, 6.07) is 0. The number of aromatic amines is 1. The average Bonchev–Trinajstić information content (AvgIpc) is 2.85. The fourth-order valence-electron chi connectivity index (χ4n) is 2.24. The second kappa shape index (κ2) is 6.45. The van der Waals surface area contributed by atoms with Crippen LogP contribution < -0.4 is 11.2 Å². The number of carbonyl (C=O) groups excluding carboxylic acids is 1. The predicted octanol–water partition coefficient (Wildman–Crippen LogP) is -0.307. The molecule has 1 aliphatic heterocycles. The van der Waals surface area contributed by atoms with Gasteiger partial charge in [0, 0.05) is 18.2 Å². The Morgan fingerprint density at radius 3 is 2.82 bits per heavy atom. The molecule has 1 saturated heterocycles. The Morgan fingerprint density at radius 2 is 2.23 bits per heavy atom. The average molecular weight is 312 g/mol. The van der Waals surface area contributed by atoms with E-state index >= 15 is 0 Å². The first kappa shape index (κ1) is 16.4. The molecule has 2 N–H and O–H groups in total. The predicted molar refractivity (Wildman–Crippen MR) is 76.4 cm³/mol. The zero-order valence-corrected chi connectivity index (χ0v) is 12.7. The van der Waals surface area contributed by atoms with Gasteiger partial charge in [0.1, 0.15) is 18.4 Å². The molecule has 0 aromatic carbocycles. The number of carbonyl (C=O) groups is 1. The van der Waals surface area contributed by atoms with Crippen molar-refractivity contribution < 1.29 is 19.4 Å². The molecule has 0 spiro atoms. The monoisotopic (exact) mass is 312 g/mol.